The van der Waals surface area contributed by atoms with Crippen LogP contribution in [0.4, 0.5) is 0 Å². The average molecular weight is 1480 g/mol. The van der Waals surface area contributed by atoms with Crippen LogP contribution in [0.3, 0.4) is 0 Å². The van der Waals surface area contributed by atoms with Gasteiger partial charge in [-0.25, -0.2) is 9.59 Å². The fraction of sp³-hybridized carbons (Fsp3) is 0.163. The third-order valence-electron chi connectivity index (χ3n) is 18.2. The van der Waals surface area contributed by atoms with Crippen LogP contribution in [0.5, 0.6) is 0 Å². The van der Waals surface area contributed by atoms with E-state index in [2.05, 4.69) is 31.9 Å². The molecule has 534 valence electrons. The van der Waals surface area contributed by atoms with Gasteiger partial charge in [0.1, 0.15) is 24.2 Å². The molecule has 2 aromatic heterocycles. The largest absolute Gasteiger partial charge is 0.478 e. The summed E-state index contributed by atoms with van der Waals surface area (Å²) in [5.74, 6) is -5.77. The fourth-order valence-corrected chi connectivity index (χ4v) is 17.2. The van der Waals surface area contributed by atoms with E-state index in [1.807, 2.05) is 229 Å². The number of nitrogens with one attached hydrogen (secondary N) is 6. The first kappa shape index (κ1) is 74.3. The molecule has 0 aliphatic rings. The predicted molar refractivity (Wildman–Crippen MR) is 423 cm³/mol. The van der Waals surface area contributed by atoms with Crippen LogP contribution in [-0.4, -0.2) is 92.3 Å². The van der Waals surface area contributed by atoms with Crippen molar-refractivity contribution in [1.29, 1.82) is 0 Å². The summed E-state index contributed by atoms with van der Waals surface area (Å²) in [7, 11) is 2.06. The highest BCUT2D eigenvalue weighted by molar-refractivity contribution is 8.77. The maximum Gasteiger partial charge on any atom is 0.335 e. The number of thiophene rings is 2. The number of carboxylic acid groups (broad SMARTS) is 2. The Labute approximate surface area is 629 Å². The molecular formula is C86H76N6O10S4. The van der Waals surface area contributed by atoms with Gasteiger partial charge in [-0.2, -0.15) is 0 Å². The van der Waals surface area contributed by atoms with Crippen molar-refractivity contribution in [2.45, 2.75) is 86.3 Å². The fourth-order valence-electron chi connectivity index (χ4n) is 12.4. The molecule has 0 spiro atoms. The molecule has 106 heavy (non-hydrogen) atoms. The van der Waals surface area contributed by atoms with E-state index in [1.54, 1.807) is 24.3 Å². The minimum atomic E-state index is -1.31. The number of carbonyl (C=O) groups is 8. The Bertz CT molecular complexity index is 4690. The summed E-state index contributed by atoms with van der Waals surface area (Å²) in [5.41, 5.74) is 9.65. The van der Waals surface area contributed by atoms with E-state index < -0.39 is 82.0 Å². The number of hydrogen-bond acceptors (Lipinski definition) is 12. The SMILES string of the molecule is O=C(O)c1ccc(C[C@H](SS[C@@H](Cc2ccc(C(=O)O)cc2)C(=O)N[C@@H](Cc2ccc(-c3ccccc3)cc2)C(=O)N[C@@H](Cc2csc3ccccc23)C(=O)NCc2ccccc2)C(=O)N[C@@H](Cc2ccc(-c3ccccc3)cc2)C(=O)N[C@@H](Cc2csc3ccccc23)C(=O)NCc2ccccc2)cc1. The number of amides is 6. The first-order valence-corrected chi connectivity index (χ1v) is 38.7. The van der Waals surface area contributed by atoms with E-state index in [-0.39, 0.29) is 62.7 Å². The molecular weight excluding hydrogens is 1410 g/mol. The lowest BCUT2D eigenvalue weighted by Gasteiger charge is -2.27. The summed E-state index contributed by atoms with van der Waals surface area (Å²) >= 11 is 3.05. The van der Waals surface area contributed by atoms with Gasteiger partial charge in [-0.05, 0) is 138 Å². The molecule has 0 saturated heterocycles. The molecule has 0 fully saturated rings. The van der Waals surface area contributed by atoms with Gasteiger partial charge in [-0.3, -0.25) is 28.8 Å². The zero-order valence-electron chi connectivity index (χ0n) is 57.5. The van der Waals surface area contributed by atoms with Crippen molar-refractivity contribution >= 4 is 112 Å². The van der Waals surface area contributed by atoms with E-state index >= 15 is 19.2 Å². The molecule has 0 unspecified atom stereocenters. The minimum Gasteiger partial charge on any atom is -0.478 e. The lowest BCUT2D eigenvalue weighted by Crippen LogP contribution is -2.56. The molecule has 0 aliphatic carbocycles. The summed E-state index contributed by atoms with van der Waals surface area (Å²) < 4.78 is 2.01. The summed E-state index contributed by atoms with van der Waals surface area (Å²) in [6, 6.07) is 76.5. The molecule has 0 saturated carbocycles. The van der Waals surface area contributed by atoms with Gasteiger partial charge in [-0.15, -0.1) is 22.7 Å². The highest BCUT2D eigenvalue weighted by atomic mass is 33.1. The Morgan fingerprint density at radius 3 is 0.943 bits per heavy atom. The van der Waals surface area contributed by atoms with Crippen molar-refractivity contribution in [3.8, 4) is 22.3 Å². The molecule has 2 heterocycles. The number of carbonyl (C=O) groups excluding carboxylic acids is 6. The molecule has 0 radical (unpaired) electrons. The van der Waals surface area contributed by atoms with E-state index in [0.29, 0.717) is 22.3 Å². The van der Waals surface area contributed by atoms with Crippen LogP contribution < -0.4 is 31.9 Å². The van der Waals surface area contributed by atoms with Crippen LogP contribution in [0.1, 0.15) is 65.2 Å². The monoisotopic (exact) mass is 1480 g/mol. The van der Waals surface area contributed by atoms with Gasteiger partial charge in [0.15, 0.2) is 0 Å². The van der Waals surface area contributed by atoms with Crippen molar-refractivity contribution in [2.24, 2.45) is 0 Å². The highest BCUT2D eigenvalue weighted by Crippen LogP contribution is 2.36. The normalized spacial score (nSPS) is 12.9. The molecule has 12 aromatic rings. The van der Waals surface area contributed by atoms with E-state index in [4.69, 9.17) is 0 Å². The molecule has 10 aromatic carbocycles. The quantitative estimate of drug-likeness (QED) is 0.0179. The average Bonchev–Trinajstić information content (AvgIpc) is 1.63. The van der Waals surface area contributed by atoms with Gasteiger partial charge in [-0.1, -0.05) is 252 Å². The summed E-state index contributed by atoms with van der Waals surface area (Å²) in [4.78, 5) is 116. The van der Waals surface area contributed by atoms with Gasteiger partial charge >= 0.3 is 11.9 Å². The number of aromatic carboxylic acids is 2. The second-order valence-electron chi connectivity index (χ2n) is 25.7. The zero-order chi connectivity index (χ0) is 73.7. The van der Waals surface area contributed by atoms with Gasteiger partial charge < -0.3 is 42.1 Å². The van der Waals surface area contributed by atoms with E-state index in [1.165, 1.54) is 46.9 Å². The standard InChI is InChI=1S/C86H76N6O10S4/c93-79(87-51-59-17-5-1-6-18-59)73(49-67-53-103-75-27-15-13-25-69(67)75)89-81(95)71(45-55-29-37-63(38-30-55)61-21-9-3-10-22-61)91-83(97)77(47-57-33-41-65(42-34-57)85(99)100)105-106-78(48-58-35-43-66(44-36-58)86(101)102)84(98)92-72(46-56-31-39-64(40-32-56)62-23-11-4-12-24-62)82(96)90-74(80(94)88-52-60-19-7-2-8-20-60)50-68-54-104-76-28-16-14-26-70(68)76/h1-44,53-54,71-74,77-78H,45-52H2,(H,87,93)(H,88,94)(H,89,95)(H,90,96)(H,91,97)(H,92,98)(H,99,100)(H,101,102)/t71-,72-,73-,74-,77-,78-/m0/s1. The second kappa shape index (κ2) is 36.3. The number of rotatable bonds is 33. The van der Waals surface area contributed by atoms with Crippen LogP contribution in [0.25, 0.3) is 42.4 Å². The van der Waals surface area contributed by atoms with Gasteiger partial charge in [0.05, 0.1) is 21.6 Å². The molecule has 6 amide bonds. The highest BCUT2D eigenvalue weighted by Gasteiger charge is 2.35. The summed E-state index contributed by atoms with van der Waals surface area (Å²) in [5, 5.41) is 41.8. The first-order chi connectivity index (χ1) is 51.6. The van der Waals surface area contributed by atoms with Crippen molar-refractivity contribution < 1.29 is 48.6 Å². The minimum absolute atomic E-state index is 0.00933. The third kappa shape index (κ3) is 20.3. The van der Waals surface area contributed by atoms with Crippen LogP contribution in [0.15, 0.2) is 278 Å². The molecule has 8 N–H and O–H groups in total. The molecule has 16 nitrogen and oxygen atoms in total. The Morgan fingerprint density at radius 2 is 0.585 bits per heavy atom. The van der Waals surface area contributed by atoms with Crippen molar-refractivity contribution in [1.82, 2.24) is 31.9 Å². The molecule has 20 heteroatoms. The number of fused-ring (bicyclic) bond motifs is 2. The topological polar surface area (TPSA) is 249 Å². The maximum absolute atomic E-state index is 15.7. The molecule has 6 atom stereocenters. The van der Waals surface area contributed by atoms with Crippen LogP contribution in [-0.2, 0) is 80.4 Å². The van der Waals surface area contributed by atoms with Gasteiger partial charge in [0.25, 0.3) is 0 Å². The molecule has 0 bridgehead atoms. The first-order valence-electron chi connectivity index (χ1n) is 34.6. The van der Waals surface area contributed by atoms with Crippen LogP contribution >= 0.6 is 44.3 Å². The molecule has 12 rings (SSSR count). The Kier molecular flexibility index (Phi) is 25.5. The van der Waals surface area contributed by atoms with Crippen molar-refractivity contribution in [3.63, 3.8) is 0 Å². The second-order valence-corrected chi connectivity index (χ2v) is 30.2. The maximum atomic E-state index is 15.7. The van der Waals surface area contributed by atoms with Crippen molar-refractivity contribution in [3.05, 3.63) is 333 Å². The van der Waals surface area contributed by atoms with Crippen LogP contribution in [0, 0.1) is 0 Å². The third-order valence-corrected chi connectivity index (χ3v) is 23.3. The smallest absolute Gasteiger partial charge is 0.335 e. The van der Waals surface area contributed by atoms with Crippen molar-refractivity contribution in [2.75, 3.05) is 0 Å². The summed E-state index contributed by atoms with van der Waals surface area (Å²) in [6.07, 6.45) is 0.0922. The van der Waals surface area contributed by atoms with E-state index in [9.17, 15) is 29.4 Å². The zero-order valence-corrected chi connectivity index (χ0v) is 60.7. The van der Waals surface area contributed by atoms with Crippen LogP contribution in [0.2, 0.25) is 0 Å². The predicted octanol–water partition coefficient (Wildman–Crippen LogP) is 14.3. The Morgan fingerprint density at radius 1 is 0.292 bits per heavy atom. The number of benzene rings is 10. The Balaban J connectivity index is 0.872. The van der Waals surface area contributed by atoms with E-state index in [0.717, 1.165) is 86.3 Å². The molecule has 0 aliphatic heterocycles. The number of hydrogen-bond donors (Lipinski definition) is 8. The Hall–Kier alpha value is -11.4. The van der Waals surface area contributed by atoms with Gasteiger partial charge in [0.2, 0.25) is 35.4 Å². The van der Waals surface area contributed by atoms with Gasteiger partial charge in [0, 0.05) is 48.2 Å². The lowest BCUT2D eigenvalue weighted by molar-refractivity contribution is -0.132. The lowest BCUT2D eigenvalue weighted by atomic mass is 9.99. The number of carboxylic acids is 2. The summed E-state index contributed by atoms with van der Waals surface area (Å²) in [6.45, 7) is 0.362.